The van der Waals surface area contributed by atoms with Gasteiger partial charge < -0.3 is 9.84 Å². The molecule has 0 unspecified atom stereocenters. The van der Waals surface area contributed by atoms with Gasteiger partial charge in [0.2, 0.25) is 5.88 Å². The van der Waals surface area contributed by atoms with Gasteiger partial charge in [0.05, 0.1) is 12.1 Å². The topological polar surface area (TPSA) is 42.4 Å². The third-order valence-electron chi connectivity index (χ3n) is 3.03. The molecule has 0 spiro atoms. The lowest BCUT2D eigenvalue weighted by molar-refractivity contribution is 0.274. The van der Waals surface area contributed by atoms with Crippen molar-refractivity contribution in [3.05, 3.63) is 64.4 Å². The Hall–Kier alpha value is -1.98. The fourth-order valence-electron chi connectivity index (χ4n) is 2.01. The maximum atomic E-state index is 13.8. The number of para-hydroxylation sites is 1. The Kier molecular flexibility index (Phi) is 3.86. The van der Waals surface area contributed by atoms with Gasteiger partial charge in [-0.1, -0.05) is 34.1 Å². The molecule has 3 aromatic rings. The number of halogens is 2. The van der Waals surface area contributed by atoms with Gasteiger partial charge >= 0.3 is 0 Å². The molecule has 0 aliphatic carbocycles. The smallest absolute Gasteiger partial charge is 0.225 e. The minimum absolute atomic E-state index is 0.0654. The first-order chi connectivity index (χ1) is 10.2. The first-order valence-corrected chi connectivity index (χ1v) is 7.09. The summed E-state index contributed by atoms with van der Waals surface area (Å²) in [7, 11) is 0. The molecule has 0 atom stereocenters. The van der Waals surface area contributed by atoms with Crippen LogP contribution in [0.1, 0.15) is 5.56 Å². The van der Waals surface area contributed by atoms with E-state index in [1.54, 1.807) is 12.1 Å². The number of pyridine rings is 1. The van der Waals surface area contributed by atoms with E-state index < -0.39 is 5.82 Å². The van der Waals surface area contributed by atoms with E-state index in [0.717, 1.165) is 10.9 Å². The highest BCUT2D eigenvalue weighted by atomic mass is 79.9. The summed E-state index contributed by atoms with van der Waals surface area (Å²) in [4.78, 5) is 4.34. The molecule has 0 aliphatic heterocycles. The minimum Gasteiger partial charge on any atom is -0.436 e. The van der Waals surface area contributed by atoms with Crippen molar-refractivity contribution in [3.8, 4) is 11.6 Å². The number of nitrogens with zero attached hydrogens (tertiary/aromatic N) is 1. The van der Waals surface area contributed by atoms with E-state index in [9.17, 15) is 9.50 Å². The SMILES string of the molecule is OCc1cc2ccccc2nc1Oc1ccc(Br)cc1F. The second-order valence-electron chi connectivity index (χ2n) is 4.48. The fourth-order valence-corrected chi connectivity index (χ4v) is 2.34. The standard InChI is InChI=1S/C16H11BrFNO2/c17-12-5-6-15(13(18)8-12)21-16-11(9-20)7-10-3-1-2-4-14(10)19-16/h1-8,20H,9H2. The van der Waals surface area contributed by atoms with Gasteiger partial charge in [0, 0.05) is 15.4 Å². The van der Waals surface area contributed by atoms with Gasteiger partial charge in [-0.3, -0.25) is 0 Å². The minimum atomic E-state index is -0.497. The molecule has 0 radical (unpaired) electrons. The Morgan fingerprint density at radius 3 is 2.71 bits per heavy atom. The Bertz CT molecular complexity index is 807. The number of hydrogen-bond donors (Lipinski definition) is 1. The number of benzene rings is 2. The third-order valence-corrected chi connectivity index (χ3v) is 3.53. The summed E-state index contributed by atoms with van der Waals surface area (Å²) in [6.45, 7) is -0.231. The maximum absolute atomic E-state index is 13.8. The van der Waals surface area contributed by atoms with Crippen molar-refractivity contribution < 1.29 is 14.2 Å². The van der Waals surface area contributed by atoms with Gasteiger partial charge in [-0.25, -0.2) is 9.37 Å². The van der Waals surface area contributed by atoms with Crippen LogP contribution in [0.5, 0.6) is 11.6 Å². The summed E-state index contributed by atoms with van der Waals surface area (Å²) < 4.78 is 20.0. The largest absolute Gasteiger partial charge is 0.436 e. The molecule has 2 aromatic carbocycles. The highest BCUT2D eigenvalue weighted by Crippen LogP contribution is 2.29. The van der Waals surface area contributed by atoms with Crippen molar-refractivity contribution in [2.75, 3.05) is 0 Å². The highest BCUT2D eigenvalue weighted by Gasteiger charge is 2.11. The molecule has 3 nitrogen and oxygen atoms in total. The summed E-state index contributed by atoms with van der Waals surface area (Å²) in [6, 6.07) is 13.8. The van der Waals surface area contributed by atoms with Gasteiger partial charge in [0.1, 0.15) is 0 Å². The summed E-state index contributed by atoms with van der Waals surface area (Å²) in [5.74, 6) is -0.226. The lowest BCUT2D eigenvalue weighted by atomic mass is 10.1. The van der Waals surface area contributed by atoms with Gasteiger partial charge in [0.15, 0.2) is 11.6 Å². The summed E-state index contributed by atoms with van der Waals surface area (Å²) >= 11 is 3.19. The maximum Gasteiger partial charge on any atom is 0.225 e. The number of fused-ring (bicyclic) bond motifs is 1. The normalized spacial score (nSPS) is 10.8. The number of aliphatic hydroxyl groups excluding tert-OH is 1. The molecule has 21 heavy (non-hydrogen) atoms. The molecular formula is C16H11BrFNO2. The number of hydrogen-bond acceptors (Lipinski definition) is 3. The van der Waals surface area contributed by atoms with Gasteiger partial charge in [0.25, 0.3) is 0 Å². The summed E-state index contributed by atoms with van der Waals surface area (Å²) in [5.41, 5.74) is 1.23. The van der Waals surface area contributed by atoms with Crippen molar-refractivity contribution in [3.63, 3.8) is 0 Å². The van der Waals surface area contributed by atoms with Crippen molar-refractivity contribution >= 4 is 26.8 Å². The zero-order valence-electron chi connectivity index (χ0n) is 10.9. The van der Waals surface area contributed by atoms with E-state index in [0.29, 0.717) is 10.0 Å². The predicted molar refractivity (Wildman–Crippen MR) is 81.8 cm³/mol. The predicted octanol–water partition coefficient (Wildman–Crippen LogP) is 4.42. The van der Waals surface area contributed by atoms with E-state index in [4.69, 9.17) is 4.74 Å². The van der Waals surface area contributed by atoms with Crippen LogP contribution < -0.4 is 4.74 Å². The van der Waals surface area contributed by atoms with Crippen LogP contribution in [0.25, 0.3) is 10.9 Å². The highest BCUT2D eigenvalue weighted by molar-refractivity contribution is 9.10. The van der Waals surface area contributed by atoms with Crippen LogP contribution in [-0.4, -0.2) is 10.1 Å². The van der Waals surface area contributed by atoms with Crippen molar-refractivity contribution in [1.29, 1.82) is 0 Å². The van der Waals surface area contributed by atoms with E-state index >= 15 is 0 Å². The molecule has 106 valence electrons. The summed E-state index contributed by atoms with van der Waals surface area (Å²) in [5, 5.41) is 10.3. The molecule has 3 rings (SSSR count). The molecule has 1 heterocycles. The average molecular weight is 348 g/mol. The van der Waals surface area contributed by atoms with E-state index in [-0.39, 0.29) is 18.2 Å². The lowest BCUT2D eigenvalue weighted by Crippen LogP contribution is -1.97. The Labute approximate surface area is 129 Å². The Balaban J connectivity index is 2.06. The van der Waals surface area contributed by atoms with Gasteiger partial charge in [-0.05, 0) is 30.3 Å². The first-order valence-electron chi connectivity index (χ1n) is 6.30. The number of aliphatic hydroxyl groups is 1. The van der Waals surface area contributed by atoms with E-state index in [2.05, 4.69) is 20.9 Å². The molecule has 0 fully saturated rings. The molecule has 0 aliphatic rings. The molecule has 5 heteroatoms. The molecule has 1 aromatic heterocycles. The number of aromatic nitrogens is 1. The third kappa shape index (κ3) is 2.89. The number of ether oxygens (including phenoxy) is 1. The fraction of sp³-hybridized carbons (Fsp3) is 0.0625. The molecule has 0 bridgehead atoms. The quantitative estimate of drug-likeness (QED) is 0.762. The monoisotopic (exact) mass is 347 g/mol. The zero-order valence-corrected chi connectivity index (χ0v) is 12.5. The first kappa shape index (κ1) is 14.0. The van der Waals surface area contributed by atoms with Crippen LogP contribution >= 0.6 is 15.9 Å². The average Bonchev–Trinajstić information content (AvgIpc) is 2.49. The molecule has 1 N–H and O–H groups in total. The van der Waals surface area contributed by atoms with Crippen LogP contribution in [0.4, 0.5) is 4.39 Å². The molecular weight excluding hydrogens is 337 g/mol. The summed E-state index contributed by atoms with van der Waals surface area (Å²) in [6.07, 6.45) is 0. The van der Waals surface area contributed by atoms with Crippen LogP contribution in [0, 0.1) is 5.82 Å². The van der Waals surface area contributed by atoms with Crippen LogP contribution in [-0.2, 0) is 6.61 Å². The van der Waals surface area contributed by atoms with Crippen LogP contribution in [0.3, 0.4) is 0 Å². The van der Waals surface area contributed by atoms with Crippen molar-refractivity contribution in [2.24, 2.45) is 0 Å². The van der Waals surface area contributed by atoms with Crippen LogP contribution in [0.2, 0.25) is 0 Å². The van der Waals surface area contributed by atoms with E-state index in [1.807, 2.05) is 24.3 Å². The number of rotatable bonds is 3. The Morgan fingerprint density at radius 2 is 1.95 bits per heavy atom. The van der Waals surface area contributed by atoms with E-state index in [1.165, 1.54) is 12.1 Å². The Morgan fingerprint density at radius 1 is 1.14 bits per heavy atom. The van der Waals surface area contributed by atoms with Gasteiger partial charge in [-0.2, -0.15) is 0 Å². The zero-order chi connectivity index (χ0) is 14.8. The molecule has 0 amide bonds. The molecule has 0 saturated carbocycles. The second-order valence-corrected chi connectivity index (χ2v) is 5.40. The van der Waals surface area contributed by atoms with Crippen LogP contribution in [0.15, 0.2) is 53.0 Å². The van der Waals surface area contributed by atoms with Crippen molar-refractivity contribution in [2.45, 2.75) is 6.61 Å². The van der Waals surface area contributed by atoms with Crippen molar-refractivity contribution in [1.82, 2.24) is 4.98 Å². The lowest BCUT2D eigenvalue weighted by Gasteiger charge is -2.11. The van der Waals surface area contributed by atoms with Gasteiger partial charge in [-0.15, -0.1) is 0 Å². The molecule has 0 saturated heterocycles. The second kappa shape index (κ2) is 5.79.